The maximum absolute atomic E-state index is 5.71. The molecular weight excluding hydrogens is 169 g/mol. The molecule has 1 rings (SSSR count). The first-order valence-corrected chi connectivity index (χ1v) is 4.14. The normalized spacial score (nSPS) is 20.6. The van der Waals surface area contributed by atoms with Crippen LogP contribution in [0.3, 0.4) is 0 Å². The first-order chi connectivity index (χ1) is 4.83. The van der Waals surface area contributed by atoms with E-state index in [1.807, 2.05) is 24.4 Å². The van der Waals surface area contributed by atoms with Gasteiger partial charge in [0.2, 0.25) is 0 Å². The highest BCUT2D eigenvalue weighted by Gasteiger charge is 2.23. The molecule has 3 heteroatoms. The maximum atomic E-state index is 5.71. The first kappa shape index (κ1) is 7.96. The van der Waals surface area contributed by atoms with Crippen LogP contribution in [0.2, 0.25) is 0 Å². The van der Waals surface area contributed by atoms with Crippen molar-refractivity contribution < 1.29 is 0 Å². The molecule has 0 radical (unpaired) electrons. The van der Waals surface area contributed by atoms with Crippen molar-refractivity contribution in [2.75, 3.05) is 11.8 Å². The molecular formula is C7H9Cl2N. The van der Waals surface area contributed by atoms with E-state index in [1.54, 1.807) is 0 Å². The van der Waals surface area contributed by atoms with E-state index in [0.29, 0.717) is 11.8 Å². The van der Waals surface area contributed by atoms with Gasteiger partial charge in [-0.3, -0.25) is 0 Å². The molecule has 56 valence electrons. The lowest BCUT2D eigenvalue weighted by atomic mass is 10.0. The predicted octanol–water partition coefficient (Wildman–Crippen LogP) is 1.88. The molecule has 0 aromatic carbocycles. The standard InChI is InChI=1S/C7H9Cl2N/c8-5-7(6-9)3-1-2-4-10-7/h1-4,10H,5-6H2. The Kier molecular flexibility index (Phi) is 2.64. The number of alkyl halides is 2. The molecule has 0 amide bonds. The van der Waals surface area contributed by atoms with Crippen molar-refractivity contribution in [3.63, 3.8) is 0 Å². The zero-order valence-corrected chi connectivity index (χ0v) is 6.99. The van der Waals surface area contributed by atoms with Gasteiger partial charge in [0, 0.05) is 0 Å². The molecule has 0 aromatic rings. The smallest absolute Gasteiger partial charge is 0.0824 e. The van der Waals surface area contributed by atoms with Crippen LogP contribution in [0, 0.1) is 0 Å². The largest absolute Gasteiger partial charge is 0.380 e. The molecule has 0 spiro atoms. The minimum absolute atomic E-state index is 0.224. The number of dihydropyridines is 1. The fourth-order valence-electron chi connectivity index (χ4n) is 0.759. The fraction of sp³-hybridized carbons (Fsp3) is 0.429. The van der Waals surface area contributed by atoms with Crippen LogP contribution in [0.15, 0.2) is 24.4 Å². The molecule has 1 nitrogen and oxygen atoms in total. The number of hydrogen-bond donors (Lipinski definition) is 1. The molecule has 0 atom stereocenters. The Labute approximate surface area is 70.7 Å². The number of allylic oxidation sites excluding steroid dienone is 2. The van der Waals surface area contributed by atoms with Crippen LogP contribution in [0.1, 0.15) is 0 Å². The van der Waals surface area contributed by atoms with Gasteiger partial charge in [-0.15, -0.1) is 23.2 Å². The van der Waals surface area contributed by atoms with E-state index in [-0.39, 0.29) is 5.54 Å². The van der Waals surface area contributed by atoms with Gasteiger partial charge in [0.05, 0.1) is 17.3 Å². The molecule has 0 unspecified atom stereocenters. The van der Waals surface area contributed by atoms with E-state index in [9.17, 15) is 0 Å². The number of nitrogens with one attached hydrogen (secondary N) is 1. The summed E-state index contributed by atoms with van der Waals surface area (Å²) in [6.07, 6.45) is 7.69. The highest BCUT2D eigenvalue weighted by Crippen LogP contribution is 2.14. The van der Waals surface area contributed by atoms with Crippen LogP contribution in [0.4, 0.5) is 0 Å². The summed E-state index contributed by atoms with van der Waals surface area (Å²) >= 11 is 11.4. The summed E-state index contributed by atoms with van der Waals surface area (Å²) < 4.78 is 0. The zero-order valence-electron chi connectivity index (χ0n) is 5.48. The molecule has 1 N–H and O–H groups in total. The van der Waals surface area contributed by atoms with Crippen LogP contribution in [0.25, 0.3) is 0 Å². The first-order valence-electron chi connectivity index (χ1n) is 3.07. The van der Waals surface area contributed by atoms with Gasteiger partial charge in [-0.25, -0.2) is 0 Å². The van der Waals surface area contributed by atoms with E-state index in [1.165, 1.54) is 0 Å². The summed E-state index contributed by atoms with van der Waals surface area (Å²) in [5.41, 5.74) is -0.224. The van der Waals surface area contributed by atoms with Crippen LogP contribution >= 0.6 is 23.2 Å². The molecule has 1 aliphatic heterocycles. The summed E-state index contributed by atoms with van der Waals surface area (Å²) in [6.45, 7) is 0. The summed E-state index contributed by atoms with van der Waals surface area (Å²) in [6, 6.07) is 0. The molecule has 0 bridgehead atoms. The Balaban J connectivity index is 2.66. The van der Waals surface area contributed by atoms with Gasteiger partial charge in [0.15, 0.2) is 0 Å². The van der Waals surface area contributed by atoms with Crippen molar-refractivity contribution in [1.29, 1.82) is 0 Å². The van der Waals surface area contributed by atoms with Gasteiger partial charge in [0.1, 0.15) is 0 Å². The van der Waals surface area contributed by atoms with Crippen molar-refractivity contribution in [3.8, 4) is 0 Å². The van der Waals surface area contributed by atoms with E-state index in [2.05, 4.69) is 5.32 Å². The molecule has 0 aliphatic carbocycles. The second-order valence-electron chi connectivity index (χ2n) is 2.29. The lowest BCUT2D eigenvalue weighted by Crippen LogP contribution is -2.45. The van der Waals surface area contributed by atoms with Gasteiger partial charge >= 0.3 is 0 Å². The molecule has 1 aliphatic rings. The SMILES string of the molecule is ClCC1(CCl)C=CC=CN1. The molecule has 0 fully saturated rings. The average Bonchev–Trinajstić information content (AvgIpc) is 2.06. The minimum Gasteiger partial charge on any atom is -0.380 e. The van der Waals surface area contributed by atoms with Crippen molar-refractivity contribution in [2.24, 2.45) is 0 Å². The third kappa shape index (κ3) is 1.47. The highest BCUT2D eigenvalue weighted by atomic mass is 35.5. The predicted molar refractivity (Wildman–Crippen MR) is 45.6 cm³/mol. The summed E-state index contributed by atoms with van der Waals surface area (Å²) in [5, 5.41) is 3.10. The monoisotopic (exact) mass is 177 g/mol. The van der Waals surface area contributed by atoms with Crippen molar-refractivity contribution in [1.82, 2.24) is 5.32 Å². The van der Waals surface area contributed by atoms with E-state index >= 15 is 0 Å². The second-order valence-corrected chi connectivity index (χ2v) is 2.82. The lowest BCUT2D eigenvalue weighted by molar-refractivity contribution is 0.560. The zero-order chi connectivity index (χ0) is 7.45. The van der Waals surface area contributed by atoms with Crippen molar-refractivity contribution in [2.45, 2.75) is 5.54 Å². The van der Waals surface area contributed by atoms with Gasteiger partial charge < -0.3 is 5.32 Å². The van der Waals surface area contributed by atoms with E-state index < -0.39 is 0 Å². The molecule has 1 heterocycles. The molecule has 10 heavy (non-hydrogen) atoms. The van der Waals surface area contributed by atoms with Gasteiger partial charge in [0.25, 0.3) is 0 Å². The van der Waals surface area contributed by atoms with Crippen LogP contribution in [0.5, 0.6) is 0 Å². The Bertz CT molecular complexity index is 159. The maximum Gasteiger partial charge on any atom is 0.0824 e. The topological polar surface area (TPSA) is 12.0 Å². The van der Waals surface area contributed by atoms with E-state index in [0.717, 1.165) is 0 Å². The lowest BCUT2D eigenvalue weighted by Gasteiger charge is -2.28. The Morgan fingerprint density at radius 2 is 1.90 bits per heavy atom. The second kappa shape index (κ2) is 3.31. The van der Waals surface area contributed by atoms with Crippen molar-refractivity contribution in [3.05, 3.63) is 24.4 Å². The molecule has 0 aromatic heterocycles. The van der Waals surface area contributed by atoms with Crippen LogP contribution < -0.4 is 5.32 Å². The van der Waals surface area contributed by atoms with Crippen LogP contribution in [-0.4, -0.2) is 17.3 Å². The summed E-state index contributed by atoms with van der Waals surface area (Å²) in [7, 11) is 0. The van der Waals surface area contributed by atoms with Crippen molar-refractivity contribution >= 4 is 23.2 Å². The average molecular weight is 178 g/mol. The summed E-state index contributed by atoms with van der Waals surface area (Å²) in [5.74, 6) is 0.995. The number of hydrogen-bond acceptors (Lipinski definition) is 1. The number of halogens is 2. The Morgan fingerprint density at radius 1 is 1.20 bits per heavy atom. The summed E-state index contributed by atoms with van der Waals surface area (Å²) in [4.78, 5) is 0. The highest BCUT2D eigenvalue weighted by molar-refractivity contribution is 6.22. The fourth-order valence-corrected chi connectivity index (χ4v) is 1.38. The Hall–Kier alpha value is -0.140. The van der Waals surface area contributed by atoms with Gasteiger partial charge in [-0.2, -0.15) is 0 Å². The Morgan fingerprint density at radius 3 is 2.20 bits per heavy atom. The van der Waals surface area contributed by atoms with Crippen LogP contribution in [-0.2, 0) is 0 Å². The minimum atomic E-state index is -0.224. The number of rotatable bonds is 2. The third-order valence-electron chi connectivity index (χ3n) is 1.47. The molecule has 0 saturated carbocycles. The third-order valence-corrected chi connectivity index (χ3v) is 2.42. The van der Waals surface area contributed by atoms with Gasteiger partial charge in [-0.1, -0.05) is 12.2 Å². The molecule has 0 saturated heterocycles. The van der Waals surface area contributed by atoms with E-state index in [4.69, 9.17) is 23.2 Å². The van der Waals surface area contributed by atoms with Gasteiger partial charge in [-0.05, 0) is 12.3 Å². The quantitative estimate of drug-likeness (QED) is 0.636.